The van der Waals surface area contributed by atoms with E-state index in [4.69, 9.17) is 16.3 Å². The van der Waals surface area contributed by atoms with Crippen LogP contribution in [0.3, 0.4) is 0 Å². The molecular weight excluding hydrogens is 550 g/mol. The summed E-state index contributed by atoms with van der Waals surface area (Å²) in [5.74, 6) is -0.700. The van der Waals surface area contributed by atoms with Crippen LogP contribution in [0, 0.1) is 6.92 Å². The van der Waals surface area contributed by atoms with Gasteiger partial charge in [-0.3, -0.25) is 13.9 Å². The Bertz CT molecular complexity index is 1460. The summed E-state index contributed by atoms with van der Waals surface area (Å²) in [6.07, 6.45) is 0. The van der Waals surface area contributed by atoms with E-state index in [0.29, 0.717) is 0 Å². The summed E-state index contributed by atoms with van der Waals surface area (Å²) in [7, 11) is -2.83. The highest BCUT2D eigenvalue weighted by Gasteiger charge is 2.34. The molecule has 0 aliphatic rings. The Balaban J connectivity index is 2.11. The summed E-state index contributed by atoms with van der Waals surface area (Å²) in [6.45, 7) is 8.62. The van der Waals surface area contributed by atoms with E-state index in [1.54, 1.807) is 37.3 Å². The minimum absolute atomic E-state index is 0.00573. The van der Waals surface area contributed by atoms with Crippen LogP contribution in [0.2, 0.25) is 5.02 Å². The maximum atomic E-state index is 14.1. The molecule has 8 nitrogen and oxygen atoms in total. The van der Waals surface area contributed by atoms with Gasteiger partial charge in [-0.25, -0.2) is 8.42 Å². The van der Waals surface area contributed by atoms with Crippen molar-refractivity contribution < 1.29 is 22.7 Å². The number of rotatable bonds is 10. The van der Waals surface area contributed by atoms with Crippen LogP contribution in [-0.2, 0) is 26.2 Å². The van der Waals surface area contributed by atoms with E-state index in [-0.39, 0.29) is 33.8 Å². The molecule has 0 heterocycles. The molecule has 3 aromatic rings. The normalized spacial score (nSPS) is 12.4. The fourth-order valence-corrected chi connectivity index (χ4v) is 5.72. The second-order valence-corrected chi connectivity index (χ2v) is 12.8. The predicted molar refractivity (Wildman–Crippen MR) is 158 cm³/mol. The molecular formula is C30H36ClN3O5S. The number of methoxy groups -OCH3 is 1. The molecule has 0 saturated heterocycles. The lowest BCUT2D eigenvalue weighted by atomic mass is 10.1. The van der Waals surface area contributed by atoms with Crippen LogP contribution in [0.25, 0.3) is 0 Å². The van der Waals surface area contributed by atoms with Crippen molar-refractivity contribution in [3.63, 3.8) is 0 Å². The average molecular weight is 586 g/mol. The van der Waals surface area contributed by atoms with Gasteiger partial charge < -0.3 is 15.0 Å². The van der Waals surface area contributed by atoms with Gasteiger partial charge in [0.1, 0.15) is 18.3 Å². The number of benzene rings is 3. The molecule has 1 atom stereocenters. The van der Waals surface area contributed by atoms with E-state index in [2.05, 4.69) is 5.32 Å². The second-order valence-electron chi connectivity index (χ2n) is 10.5. The SMILES string of the molecule is COc1ccc(Cl)cc1N(CC(=O)N(Cc1ccccc1C)C(C)C(=O)NC(C)(C)C)S(=O)(=O)c1ccccc1. The number of carbonyl (C=O) groups is 2. The molecule has 40 heavy (non-hydrogen) atoms. The Morgan fingerprint density at radius 1 is 1.00 bits per heavy atom. The van der Waals surface area contributed by atoms with E-state index in [1.165, 1.54) is 30.2 Å². The fraction of sp³-hybridized carbons (Fsp3) is 0.333. The highest BCUT2D eigenvalue weighted by molar-refractivity contribution is 7.92. The number of hydrogen-bond acceptors (Lipinski definition) is 5. The zero-order chi connectivity index (χ0) is 29.7. The molecule has 0 aliphatic carbocycles. The summed E-state index contributed by atoms with van der Waals surface area (Å²) >= 11 is 6.27. The molecule has 3 rings (SSSR count). The second kappa shape index (κ2) is 12.7. The maximum Gasteiger partial charge on any atom is 0.264 e. The van der Waals surface area contributed by atoms with Crippen molar-refractivity contribution >= 4 is 39.1 Å². The van der Waals surface area contributed by atoms with Crippen LogP contribution in [0.1, 0.15) is 38.8 Å². The van der Waals surface area contributed by atoms with Crippen molar-refractivity contribution in [2.24, 2.45) is 0 Å². The monoisotopic (exact) mass is 585 g/mol. The van der Waals surface area contributed by atoms with Gasteiger partial charge >= 0.3 is 0 Å². The Kier molecular flexibility index (Phi) is 9.87. The van der Waals surface area contributed by atoms with E-state index >= 15 is 0 Å². The van der Waals surface area contributed by atoms with Gasteiger partial charge in [-0.05, 0) is 76.1 Å². The van der Waals surface area contributed by atoms with Crippen LogP contribution in [0.15, 0.2) is 77.7 Å². The van der Waals surface area contributed by atoms with Gasteiger partial charge in [-0.15, -0.1) is 0 Å². The van der Waals surface area contributed by atoms with E-state index in [9.17, 15) is 18.0 Å². The topological polar surface area (TPSA) is 96.0 Å². The van der Waals surface area contributed by atoms with Crippen LogP contribution in [0.5, 0.6) is 5.75 Å². The number of aryl methyl sites for hydroxylation is 1. The van der Waals surface area contributed by atoms with Crippen molar-refractivity contribution in [3.8, 4) is 5.75 Å². The number of nitrogens with one attached hydrogen (secondary N) is 1. The number of hydrogen-bond donors (Lipinski definition) is 1. The first-order valence-corrected chi connectivity index (χ1v) is 14.6. The molecule has 0 fully saturated rings. The van der Waals surface area contributed by atoms with Gasteiger partial charge in [0, 0.05) is 17.1 Å². The van der Waals surface area contributed by atoms with Gasteiger partial charge in [0.25, 0.3) is 10.0 Å². The molecule has 0 bridgehead atoms. The molecule has 1 N–H and O–H groups in total. The quantitative estimate of drug-likeness (QED) is 0.353. The lowest BCUT2D eigenvalue weighted by Gasteiger charge is -2.34. The van der Waals surface area contributed by atoms with Gasteiger partial charge in [0.2, 0.25) is 11.8 Å². The third-order valence-electron chi connectivity index (χ3n) is 6.29. The Labute approximate surface area is 241 Å². The largest absolute Gasteiger partial charge is 0.495 e. The molecule has 0 aromatic heterocycles. The lowest BCUT2D eigenvalue weighted by molar-refractivity contribution is -0.140. The van der Waals surface area contributed by atoms with Crippen molar-refractivity contribution in [3.05, 3.63) is 88.9 Å². The van der Waals surface area contributed by atoms with Crippen molar-refractivity contribution in [2.45, 2.75) is 57.6 Å². The van der Waals surface area contributed by atoms with Crippen LogP contribution in [0.4, 0.5) is 5.69 Å². The first kappa shape index (κ1) is 31.0. The smallest absolute Gasteiger partial charge is 0.264 e. The van der Waals surface area contributed by atoms with Crippen LogP contribution >= 0.6 is 11.6 Å². The lowest BCUT2D eigenvalue weighted by Crippen LogP contribution is -2.54. The number of nitrogens with zero attached hydrogens (tertiary/aromatic N) is 2. The Morgan fingerprint density at radius 2 is 1.62 bits per heavy atom. The molecule has 0 saturated carbocycles. The van der Waals surface area contributed by atoms with Crippen molar-refractivity contribution in [2.75, 3.05) is 18.0 Å². The maximum absolute atomic E-state index is 14.1. The standard InChI is InChI=1S/C30H36ClN3O5S/c1-21-12-10-11-13-23(21)19-33(22(2)29(36)32-30(3,4)5)28(35)20-34(26-18-24(31)16-17-27(26)39-6)40(37,38)25-14-8-7-9-15-25/h7-18,22H,19-20H2,1-6H3,(H,32,36). The number of sulfonamides is 1. The van der Waals surface area contributed by atoms with E-state index < -0.39 is 34.1 Å². The van der Waals surface area contributed by atoms with Gasteiger partial charge in [-0.2, -0.15) is 0 Å². The number of ether oxygens (including phenoxy) is 1. The van der Waals surface area contributed by atoms with E-state index in [0.717, 1.165) is 15.4 Å². The molecule has 0 radical (unpaired) electrons. The van der Waals surface area contributed by atoms with Crippen LogP contribution in [-0.4, -0.2) is 50.4 Å². The number of anilines is 1. The Morgan fingerprint density at radius 3 is 2.23 bits per heavy atom. The molecule has 0 aliphatic heterocycles. The van der Waals surface area contributed by atoms with Crippen molar-refractivity contribution in [1.29, 1.82) is 0 Å². The molecule has 2 amide bonds. The summed E-state index contributed by atoms with van der Waals surface area (Å²) < 4.78 is 34.3. The molecule has 3 aromatic carbocycles. The van der Waals surface area contributed by atoms with Crippen LogP contribution < -0.4 is 14.4 Å². The number of amides is 2. The summed E-state index contributed by atoms with van der Waals surface area (Å²) in [4.78, 5) is 28.7. The minimum atomic E-state index is -4.24. The van der Waals surface area contributed by atoms with Crippen molar-refractivity contribution in [1.82, 2.24) is 10.2 Å². The third kappa shape index (κ3) is 7.55. The van der Waals surface area contributed by atoms with Gasteiger partial charge in [-0.1, -0.05) is 54.1 Å². The third-order valence-corrected chi connectivity index (χ3v) is 8.30. The van der Waals surface area contributed by atoms with E-state index in [1.807, 2.05) is 52.0 Å². The molecule has 214 valence electrons. The average Bonchev–Trinajstić information content (AvgIpc) is 2.90. The molecule has 1 unspecified atom stereocenters. The zero-order valence-electron chi connectivity index (χ0n) is 23.6. The highest BCUT2D eigenvalue weighted by Crippen LogP contribution is 2.35. The predicted octanol–water partition coefficient (Wildman–Crippen LogP) is 5.18. The first-order chi connectivity index (χ1) is 18.7. The number of carbonyl (C=O) groups excluding carboxylic acids is 2. The molecule has 0 spiro atoms. The zero-order valence-corrected chi connectivity index (χ0v) is 25.2. The highest BCUT2D eigenvalue weighted by atomic mass is 35.5. The Hall–Kier alpha value is -3.56. The minimum Gasteiger partial charge on any atom is -0.495 e. The van der Waals surface area contributed by atoms with Gasteiger partial charge in [0.05, 0.1) is 17.7 Å². The summed E-state index contributed by atoms with van der Waals surface area (Å²) in [5, 5.41) is 3.19. The van der Waals surface area contributed by atoms with Gasteiger partial charge in [0.15, 0.2) is 0 Å². The fourth-order valence-electron chi connectivity index (χ4n) is 4.12. The summed E-state index contributed by atoms with van der Waals surface area (Å²) in [6, 6.07) is 19.0. The molecule has 10 heteroatoms. The number of halogens is 1. The first-order valence-electron chi connectivity index (χ1n) is 12.8. The summed E-state index contributed by atoms with van der Waals surface area (Å²) in [5.41, 5.74) is 1.35.